The molecule has 1 rings (SSSR count). The lowest BCUT2D eigenvalue weighted by Gasteiger charge is -2.32. The zero-order valence-electron chi connectivity index (χ0n) is 21.6. The molecule has 4 atom stereocenters. The molecule has 0 bridgehead atoms. The van der Waals surface area contributed by atoms with Crippen molar-refractivity contribution in [2.75, 3.05) is 13.7 Å². The third-order valence-electron chi connectivity index (χ3n) is 5.85. The van der Waals surface area contributed by atoms with Crippen molar-refractivity contribution < 1.29 is 33.5 Å². The van der Waals surface area contributed by atoms with Crippen LogP contribution in [0.15, 0.2) is 0 Å². The van der Waals surface area contributed by atoms with Crippen LogP contribution in [0.4, 0.5) is 0 Å². The van der Waals surface area contributed by atoms with Crippen LogP contribution in [-0.2, 0) is 33.5 Å². The van der Waals surface area contributed by atoms with E-state index in [1.54, 1.807) is 13.8 Å². The molecule has 11 nitrogen and oxygen atoms in total. The summed E-state index contributed by atoms with van der Waals surface area (Å²) in [6, 6.07) is -3.49. The third-order valence-corrected chi connectivity index (χ3v) is 5.85. The van der Waals surface area contributed by atoms with E-state index in [1.165, 1.54) is 18.9 Å². The molecule has 11 heteroatoms. The fourth-order valence-electron chi connectivity index (χ4n) is 4.09. The largest absolute Gasteiger partial charge is 0.467 e. The highest BCUT2D eigenvalue weighted by atomic mass is 16.5. The topological polar surface area (TPSA) is 151 Å². The Labute approximate surface area is 207 Å². The number of esters is 1. The van der Waals surface area contributed by atoms with E-state index < -0.39 is 53.8 Å². The molecule has 0 saturated carbocycles. The molecule has 1 aliphatic rings. The van der Waals surface area contributed by atoms with Gasteiger partial charge in [0.1, 0.15) is 30.5 Å². The van der Waals surface area contributed by atoms with E-state index in [0.717, 1.165) is 0 Å². The highest BCUT2D eigenvalue weighted by molar-refractivity contribution is 5.95. The molecule has 1 saturated heterocycles. The van der Waals surface area contributed by atoms with Gasteiger partial charge in [-0.3, -0.25) is 19.2 Å². The molecule has 0 spiro atoms. The molecular weight excluding hydrogens is 456 g/mol. The molecule has 198 valence electrons. The van der Waals surface area contributed by atoms with Gasteiger partial charge in [0.05, 0.1) is 7.11 Å². The molecule has 1 heterocycles. The number of likely N-dealkylation sites (tertiary alicyclic amines) is 1. The number of nitrogens with zero attached hydrogens (tertiary/aromatic N) is 1. The van der Waals surface area contributed by atoms with E-state index >= 15 is 0 Å². The highest BCUT2D eigenvalue weighted by Crippen LogP contribution is 2.21. The average molecular weight is 497 g/mol. The maximum atomic E-state index is 13.4. The standard InChI is InChI=1S/C24H40N4O7/c1-14(2)13-18(24(34)35-6)26-22(32)19-10-7-11-28(19)23(33)20(15(3)4)27-21(31)17(9-8-12-29)25-16(5)30/h12,14-15,17-20H,7-11,13H2,1-6H3,(H,25,30)(H,26,32)(H,27,31). The summed E-state index contributed by atoms with van der Waals surface area (Å²) in [4.78, 5) is 75.2. The van der Waals surface area contributed by atoms with E-state index in [4.69, 9.17) is 4.74 Å². The summed E-state index contributed by atoms with van der Waals surface area (Å²) in [6.45, 7) is 8.98. The van der Waals surface area contributed by atoms with Crippen molar-refractivity contribution in [3.63, 3.8) is 0 Å². The predicted octanol–water partition coefficient (Wildman–Crippen LogP) is 0.306. The zero-order chi connectivity index (χ0) is 26.7. The van der Waals surface area contributed by atoms with Crippen LogP contribution in [-0.4, -0.2) is 78.6 Å². The molecular formula is C24H40N4O7. The first-order valence-electron chi connectivity index (χ1n) is 12.1. The average Bonchev–Trinajstić information content (AvgIpc) is 3.28. The van der Waals surface area contributed by atoms with Gasteiger partial charge in [-0.2, -0.15) is 0 Å². The molecule has 0 aromatic rings. The Hall–Kier alpha value is -2.98. The molecule has 4 amide bonds. The number of methoxy groups -OCH3 is 1. The number of hydrogen-bond acceptors (Lipinski definition) is 7. The Morgan fingerprint density at radius 2 is 1.69 bits per heavy atom. The number of amides is 4. The molecule has 1 fully saturated rings. The highest BCUT2D eigenvalue weighted by Gasteiger charge is 2.40. The number of carbonyl (C=O) groups is 6. The van der Waals surface area contributed by atoms with Gasteiger partial charge in [0, 0.05) is 19.9 Å². The van der Waals surface area contributed by atoms with Gasteiger partial charge < -0.3 is 30.4 Å². The normalized spacial score (nSPS) is 17.9. The van der Waals surface area contributed by atoms with Crippen LogP contribution in [0.3, 0.4) is 0 Å². The van der Waals surface area contributed by atoms with E-state index in [1.807, 2.05) is 13.8 Å². The van der Waals surface area contributed by atoms with E-state index in [0.29, 0.717) is 32.1 Å². The van der Waals surface area contributed by atoms with Crippen molar-refractivity contribution in [3.8, 4) is 0 Å². The molecule has 0 aromatic carbocycles. The Kier molecular flexibility index (Phi) is 12.4. The quantitative estimate of drug-likeness (QED) is 0.245. The minimum atomic E-state index is -0.957. The van der Waals surface area contributed by atoms with Crippen LogP contribution in [0.25, 0.3) is 0 Å². The second kappa shape index (κ2) is 14.4. The molecule has 3 N–H and O–H groups in total. The van der Waals surface area contributed by atoms with Crippen molar-refractivity contribution in [2.45, 2.75) is 90.9 Å². The van der Waals surface area contributed by atoms with Gasteiger partial charge in [-0.25, -0.2) is 4.79 Å². The van der Waals surface area contributed by atoms with Crippen LogP contribution >= 0.6 is 0 Å². The first-order valence-corrected chi connectivity index (χ1v) is 12.1. The van der Waals surface area contributed by atoms with Gasteiger partial charge in [0.15, 0.2) is 0 Å². The van der Waals surface area contributed by atoms with Crippen molar-refractivity contribution >= 4 is 35.9 Å². The van der Waals surface area contributed by atoms with Gasteiger partial charge in [-0.15, -0.1) is 0 Å². The van der Waals surface area contributed by atoms with Crippen LogP contribution in [0.5, 0.6) is 0 Å². The molecule has 0 aromatic heterocycles. The second-order valence-corrected chi connectivity index (χ2v) is 9.63. The lowest BCUT2D eigenvalue weighted by atomic mass is 10.0. The Morgan fingerprint density at radius 3 is 2.20 bits per heavy atom. The Bertz CT molecular complexity index is 784. The van der Waals surface area contributed by atoms with Crippen LogP contribution < -0.4 is 16.0 Å². The molecule has 1 aliphatic heterocycles. The van der Waals surface area contributed by atoms with Gasteiger partial charge in [-0.05, 0) is 37.5 Å². The van der Waals surface area contributed by atoms with E-state index in [2.05, 4.69) is 16.0 Å². The van der Waals surface area contributed by atoms with Crippen LogP contribution in [0.2, 0.25) is 0 Å². The SMILES string of the molecule is COC(=O)C(CC(C)C)NC(=O)C1CCCN1C(=O)C(NC(=O)C(CCC=O)NC(C)=O)C(C)C. The summed E-state index contributed by atoms with van der Waals surface area (Å²) in [5, 5.41) is 7.92. The smallest absolute Gasteiger partial charge is 0.328 e. The first kappa shape index (κ1) is 30.1. The summed E-state index contributed by atoms with van der Waals surface area (Å²) in [7, 11) is 1.26. The van der Waals surface area contributed by atoms with Gasteiger partial charge >= 0.3 is 5.97 Å². The fraction of sp³-hybridized carbons (Fsp3) is 0.750. The number of aldehydes is 1. The zero-order valence-corrected chi connectivity index (χ0v) is 21.6. The summed E-state index contributed by atoms with van der Waals surface area (Å²) in [5.41, 5.74) is 0. The maximum Gasteiger partial charge on any atom is 0.328 e. The molecule has 4 unspecified atom stereocenters. The molecule has 35 heavy (non-hydrogen) atoms. The number of hydrogen-bond donors (Lipinski definition) is 3. The lowest BCUT2D eigenvalue weighted by Crippen LogP contribution is -2.58. The summed E-state index contributed by atoms with van der Waals surface area (Å²) in [5.74, 6) is -2.57. The Balaban J connectivity index is 3.01. The second-order valence-electron chi connectivity index (χ2n) is 9.63. The number of ether oxygens (including phenoxy) is 1. The lowest BCUT2D eigenvalue weighted by molar-refractivity contribution is -0.147. The van der Waals surface area contributed by atoms with Crippen molar-refractivity contribution in [3.05, 3.63) is 0 Å². The van der Waals surface area contributed by atoms with Crippen LogP contribution in [0.1, 0.15) is 66.7 Å². The maximum absolute atomic E-state index is 13.4. The van der Waals surface area contributed by atoms with Crippen molar-refractivity contribution in [1.29, 1.82) is 0 Å². The summed E-state index contributed by atoms with van der Waals surface area (Å²) < 4.78 is 4.81. The monoisotopic (exact) mass is 496 g/mol. The Morgan fingerprint density at radius 1 is 1.03 bits per heavy atom. The van der Waals surface area contributed by atoms with E-state index in [9.17, 15) is 28.8 Å². The van der Waals surface area contributed by atoms with Gasteiger partial charge in [0.25, 0.3) is 0 Å². The minimum Gasteiger partial charge on any atom is -0.467 e. The van der Waals surface area contributed by atoms with Crippen molar-refractivity contribution in [2.24, 2.45) is 11.8 Å². The minimum absolute atomic E-state index is 0.0742. The predicted molar refractivity (Wildman–Crippen MR) is 128 cm³/mol. The number of rotatable bonds is 13. The third kappa shape index (κ3) is 9.29. The summed E-state index contributed by atoms with van der Waals surface area (Å²) >= 11 is 0. The summed E-state index contributed by atoms with van der Waals surface area (Å²) in [6.07, 6.45) is 2.26. The first-order chi connectivity index (χ1) is 16.4. The molecule has 0 radical (unpaired) electrons. The fourth-order valence-corrected chi connectivity index (χ4v) is 4.09. The number of carbonyl (C=O) groups excluding carboxylic acids is 6. The van der Waals surface area contributed by atoms with E-state index in [-0.39, 0.29) is 24.7 Å². The van der Waals surface area contributed by atoms with Gasteiger partial charge in [0.2, 0.25) is 23.6 Å². The van der Waals surface area contributed by atoms with Crippen molar-refractivity contribution in [1.82, 2.24) is 20.9 Å². The van der Waals surface area contributed by atoms with Crippen LogP contribution in [0, 0.1) is 11.8 Å². The number of nitrogens with one attached hydrogen (secondary N) is 3. The molecule has 0 aliphatic carbocycles. The van der Waals surface area contributed by atoms with Gasteiger partial charge in [-0.1, -0.05) is 27.7 Å².